The van der Waals surface area contributed by atoms with E-state index in [1.54, 1.807) is 0 Å². The Morgan fingerprint density at radius 3 is 2.94 bits per heavy atom. The maximum absolute atomic E-state index is 10.9. The molecule has 0 unspecified atom stereocenters. The molecular formula is C9H6N5O4+. The molecule has 3 rings (SSSR count). The van der Waals surface area contributed by atoms with Crippen molar-refractivity contribution >= 4 is 17.3 Å². The third-order valence-electron chi connectivity index (χ3n) is 2.33. The number of nitrogens with zero attached hydrogens (tertiary/aromatic N) is 4. The molecular weight excluding hydrogens is 242 g/mol. The highest BCUT2D eigenvalue weighted by molar-refractivity contribution is 5.91. The van der Waals surface area contributed by atoms with Crippen molar-refractivity contribution in [3.8, 4) is 11.4 Å². The van der Waals surface area contributed by atoms with Crippen LogP contribution in [0.4, 0.5) is 0 Å². The van der Waals surface area contributed by atoms with E-state index in [9.17, 15) is 9.90 Å². The Morgan fingerprint density at radius 1 is 1.39 bits per heavy atom. The third kappa shape index (κ3) is 1.45. The SMILES string of the molecule is O=C(O)c1cc(-[n+]2nc3nonc3[nH]2)ccc1O. The topological polar surface area (TPSA) is 129 Å². The maximum atomic E-state index is 10.9. The zero-order valence-corrected chi connectivity index (χ0v) is 8.73. The predicted octanol–water partition coefficient (Wildman–Crippen LogP) is -0.374. The second-order valence-electron chi connectivity index (χ2n) is 3.47. The summed E-state index contributed by atoms with van der Waals surface area (Å²) in [5.41, 5.74) is 0.798. The molecule has 0 saturated carbocycles. The highest BCUT2D eigenvalue weighted by Gasteiger charge is 2.20. The molecule has 90 valence electrons. The number of fused-ring (bicyclic) bond motifs is 1. The summed E-state index contributed by atoms with van der Waals surface area (Å²) in [6.45, 7) is 0. The first-order valence-electron chi connectivity index (χ1n) is 4.82. The van der Waals surface area contributed by atoms with Crippen LogP contribution in [0.1, 0.15) is 10.4 Å². The third-order valence-corrected chi connectivity index (χ3v) is 2.33. The second kappa shape index (κ2) is 3.52. The van der Waals surface area contributed by atoms with Crippen molar-refractivity contribution in [1.82, 2.24) is 20.5 Å². The zero-order valence-electron chi connectivity index (χ0n) is 8.73. The van der Waals surface area contributed by atoms with Gasteiger partial charge in [0.15, 0.2) is 0 Å². The summed E-state index contributed by atoms with van der Waals surface area (Å²) in [7, 11) is 0. The zero-order chi connectivity index (χ0) is 12.7. The molecule has 9 heteroatoms. The first-order valence-corrected chi connectivity index (χ1v) is 4.82. The van der Waals surface area contributed by atoms with Crippen LogP contribution >= 0.6 is 0 Å². The van der Waals surface area contributed by atoms with Gasteiger partial charge in [0, 0.05) is 16.9 Å². The van der Waals surface area contributed by atoms with Gasteiger partial charge in [-0.2, -0.15) is 0 Å². The molecule has 0 aliphatic carbocycles. The number of hydrogen-bond acceptors (Lipinski definition) is 6. The lowest BCUT2D eigenvalue weighted by molar-refractivity contribution is -0.711. The Kier molecular flexibility index (Phi) is 1.99. The van der Waals surface area contributed by atoms with Crippen molar-refractivity contribution in [2.45, 2.75) is 0 Å². The number of aromatic nitrogens is 5. The number of carbonyl (C=O) groups is 1. The van der Waals surface area contributed by atoms with Crippen molar-refractivity contribution in [2.24, 2.45) is 0 Å². The fraction of sp³-hybridized carbons (Fsp3) is 0. The number of aromatic hydroxyl groups is 1. The lowest BCUT2D eigenvalue weighted by Gasteiger charge is -1.97. The number of aromatic carboxylic acids is 1. The van der Waals surface area contributed by atoms with Crippen LogP contribution in [0.3, 0.4) is 0 Å². The smallest absolute Gasteiger partial charge is 0.339 e. The number of hydrogen-bond donors (Lipinski definition) is 3. The van der Waals surface area contributed by atoms with E-state index in [0.717, 1.165) is 0 Å². The largest absolute Gasteiger partial charge is 0.507 e. The van der Waals surface area contributed by atoms with Gasteiger partial charge in [-0.05, 0) is 16.4 Å². The summed E-state index contributed by atoms with van der Waals surface area (Å²) < 4.78 is 4.44. The number of carboxylic acid groups (broad SMARTS) is 1. The minimum Gasteiger partial charge on any atom is -0.507 e. The average molecular weight is 248 g/mol. The Morgan fingerprint density at radius 2 is 2.22 bits per heavy atom. The molecule has 2 aromatic heterocycles. The van der Waals surface area contributed by atoms with Crippen LogP contribution in [0.2, 0.25) is 0 Å². The molecule has 0 atom stereocenters. The van der Waals surface area contributed by atoms with Gasteiger partial charge < -0.3 is 10.2 Å². The summed E-state index contributed by atoms with van der Waals surface area (Å²) in [5.74, 6) is -1.55. The molecule has 9 nitrogen and oxygen atoms in total. The summed E-state index contributed by atoms with van der Waals surface area (Å²) in [5, 5.41) is 32.1. The van der Waals surface area contributed by atoms with Gasteiger partial charge in [-0.3, -0.25) is 0 Å². The van der Waals surface area contributed by atoms with E-state index in [0.29, 0.717) is 11.3 Å². The number of H-pyrrole nitrogens is 1. The standard InChI is InChI=1S/C9H5N5O4/c15-6-2-1-4(3-5(6)9(16)17)14-10-7-8(11-14)13-18-12-7/h1-3H,(H2-,10,11,12,13,15,16,17)/p+1. The molecule has 0 amide bonds. The van der Waals surface area contributed by atoms with Crippen molar-refractivity contribution in [2.75, 3.05) is 0 Å². The molecule has 2 heterocycles. The van der Waals surface area contributed by atoms with Crippen LogP contribution in [0.15, 0.2) is 22.8 Å². The molecule has 0 radical (unpaired) electrons. The van der Waals surface area contributed by atoms with Gasteiger partial charge in [-0.25, -0.2) is 9.42 Å². The van der Waals surface area contributed by atoms with Gasteiger partial charge in [0.25, 0.3) is 11.3 Å². The van der Waals surface area contributed by atoms with Crippen LogP contribution < -0.4 is 4.80 Å². The van der Waals surface area contributed by atoms with E-state index >= 15 is 0 Å². The van der Waals surface area contributed by atoms with Crippen molar-refractivity contribution < 1.29 is 24.4 Å². The van der Waals surface area contributed by atoms with Gasteiger partial charge in [-0.1, -0.05) is 0 Å². The first kappa shape index (κ1) is 10.2. The minimum absolute atomic E-state index is 0.221. The maximum Gasteiger partial charge on any atom is 0.339 e. The van der Waals surface area contributed by atoms with Gasteiger partial charge in [0.05, 0.1) is 5.10 Å². The normalized spacial score (nSPS) is 10.9. The number of carboxylic acids is 1. The average Bonchev–Trinajstić information content (AvgIpc) is 2.89. The van der Waals surface area contributed by atoms with Crippen LogP contribution in [0.25, 0.3) is 17.0 Å². The van der Waals surface area contributed by atoms with E-state index in [-0.39, 0.29) is 17.0 Å². The fourth-order valence-electron chi connectivity index (χ4n) is 1.49. The Balaban J connectivity index is 2.14. The summed E-state index contributed by atoms with van der Waals surface area (Å²) in [4.78, 5) is 12.2. The van der Waals surface area contributed by atoms with E-state index in [4.69, 9.17) is 5.11 Å². The summed E-state index contributed by atoms with van der Waals surface area (Å²) >= 11 is 0. The van der Waals surface area contributed by atoms with Crippen LogP contribution in [0, 0.1) is 0 Å². The molecule has 0 spiro atoms. The second-order valence-corrected chi connectivity index (χ2v) is 3.47. The monoisotopic (exact) mass is 248 g/mol. The van der Waals surface area contributed by atoms with Gasteiger partial charge in [0.1, 0.15) is 11.3 Å². The molecule has 1 aromatic carbocycles. The van der Waals surface area contributed by atoms with Crippen LogP contribution in [-0.4, -0.2) is 36.7 Å². The lowest BCUT2D eigenvalue weighted by Crippen LogP contribution is -2.36. The Bertz CT molecular complexity index is 718. The Labute approximate surface area is 98.2 Å². The van der Waals surface area contributed by atoms with Gasteiger partial charge in [-0.15, -0.1) is 5.10 Å². The van der Waals surface area contributed by atoms with Crippen LogP contribution in [0.5, 0.6) is 5.75 Å². The van der Waals surface area contributed by atoms with Crippen molar-refractivity contribution in [3.63, 3.8) is 0 Å². The van der Waals surface area contributed by atoms with Gasteiger partial charge >= 0.3 is 11.6 Å². The highest BCUT2D eigenvalue weighted by atomic mass is 16.6. The van der Waals surface area contributed by atoms with E-state index < -0.39 is 5.97 Å². The molecule has 0 fully saturated rings. The molecule has 0 aliphatic heterocycles. The molecule has 3 N–H and O–H groups in total. The molecule has 3 aromatic rings. The number of aromatic amines is 1. The number of benzene rings is 1. The lowest BCUT2D eigenvalue weighted by atomic mass is 10.2. The number of nitrogens with one attached hydrogen (secondary N) is 1. The van der Waals surface area contributed by atoms with Crippen LogP contribution in [-0.2, 0) is 0 Å². The highest BCUT2D eigenvalue weighted by Crippen LogP contribution is 2.18. The summed E-state index contributed by atoms with van der Waals surface area (Å²) in [6.07, 6.45) is 0. The fourth-order valence-corrected chi connectivity index (χ4v) is 1.49. The molecule has 0 aliphatic rings. The number of rotatable bonds is 2. The van der Waals surface area contributed by atoms with E-state index in [2.05, 4.69) is 25.1 Å². The van der Waals surface area contributed by atoms with E-state index in [1.807, 2.05) is 0 Å². The van der Waals surface area contributed by atoms with Gasteiger partial charge in [0.2, 0.25) is 0 Å². The molecule has 18 heavy (non-hydrogen) atoms. The Hall–Kier alpha value is -2.97. The predicted molar refractivity (Wildman–Crippen MR) is 54.1 cm³/mol. The molecule has 0 saturated heterocycles. The number of phenols is 1. The van der Waals surface area contributed by atoms with E-state index in [1.165, 1.54) is 23.0 Å². The van der Waals surface area contributed by atoms with Crippen molar-refractivity contribution in [3.05, 3.63) is 23.8 Å². The summed E-state index contributed by atoms with van der Waals surface area (Å²) in [6, 6.07) is 4.04. The minimum atomic E-state index is -1.23. The first-order chi connectivity index (χ1) is 8.65. The quantitative estimate of drug-likeness (QED) is 0.527. The molecule has 0 bridgehead atoms. The van der Waals surface area contributed by atoms with Crippen molar-refractivity contribution in [1.29, 1.82) is 0 Å².